The second kappa shape index (κ2) is 12.1. The Morgan fingerprint density at radius 1 is 1.10 bits per heavy atom. The Hall–Kier alpha value is -3.95. The third kappa shape index (κ3) is 6.58. The zero-order chi connectivity index (χ0) is 30.0. The first kappa shape index (κ1) is 29.5. The summed E-state index contributed by atoms with van der Waals surface area (Å²) in [4.78, 5) is 21.1. The topological polar surface area (TPSA) is 80.6 Å². The molecule has 0 bridgehead atoms. The number of hydrogen-bond donors (Lipinski definition) is 1. The molecule has 0 unspecified atom stereocenters. The van der Waals surface area contributed by atoms with Crippen LogP contribution in [0.1, 0.15) is 32.8 Å². The van der Waals surface area contributed by atoms with Gasteiger partial charge in [-0.2, -0.15) is 0 Å². The van der Waals surface area contributed by atoms with E-state index in [1.807, 2.05) is 67.9 Å². The number of halogens is 1. The van der Waals surface area contributed by atoms with Gasteiger partial charge in [-0.1, -0.05) is 23.7 Å². The molecule has 0 radical (unpaired) electrons. The number of aromatic nitrogens is 2. The smallest absolute Gasteiger partial charge is 0.414 e. The summed E-state index contributed by atoms with van der Waals surface area (Å²) in [5.74, 6) is 1.21. The van der Waals surface area contributed by atoms with Crippen molar-refractivity contribution in [3.05, 3.63) is 71.5 Å². The van der Waals surface area contributed by atoms with Crippen molar-refractivity contribution in [2.45, 2.75) is 45.4 Å². The Morgan fingerprint density at radius 3 is 2.52 bits per heavy atom. The van der Waals surface area contributed by atoms with Gasteiger partial charge in [0.1, 0.15) is 22.7 Å². The molecule has 4 aromatic rings. The van der Waals surface area contributed by atoms with Crippen LogP contribution in [0, 0.1) is 0 Å². The Kier molecular flexibility index (Phi) is 8.52. The summed E-state index contributed by atoms with van der Waals surface area (Å²) in [5.41, 5.74) is 5.00. The number of hydrogen-bond acceptors (Lipinski definition) is 7. The molecular formula is C32H38ClN5O4. The van der Waals surface area contributed by atoms with Crippen LogP contribution >= 0.6 is 11.6 Å². The van der Waals surface area contributed by atoms with Gasteiger partial charge in [0.25, 0.3) is 0 Å². The number of fused-ring (bicyclic) bond motifs is 1. The van der Waals surface area contributed by atoms with E-state index in [9.17, 15) is 4.79 Å². The number of ether oxygens (including phenoxy) is 3. The minimum Gasteiger partial charge on any atom is -0.496 e. The first-order chi connectivity index (χ1) is 20.0. The van der Waals surface area contributed by atoms with Crippen molar-refractivity contribution in [1.82, 2.24) is 14.7 Å². The monoisotopic (exact) mass is 591 g/mol. The molecule has 1 N–H and O–H groups in total. The summed E-state index contributed by atoms with van der Waals surface area (Å²) < 4.78 is 18.4. The number of carbonyl (C=O) groups excluding carboxylic acids is 1. The number of amides is 1. The van der Waals surface area contributed by atoms with Gasteiger partial charge in [-0.05, 0) is 57.0 Å². The number of pyridine rings is 1. The fourth-order valence-corrected chi connectivity index (χ4v) is 5.30. The number of benzene rings is 2. The van der Waals surface area contributed by atoms with Crippen molar-refractivity contribution in [3.63, 3.8) is 0 Å². The van der Waals surface area contributed by atoms with E-state index in [4.69, 9.17) is 30.8 Å². The number of anilines is 2. The van der Waals surface area contributed by atoms with Crippen LogP contribution < -0.4 is 24.6 Å². The van der Waals surface area contributed by atoms with Gasteiger partial charge in [0.05, 0.1) is 24.9 Å². The second-order valence-electron chi connectivity index (χ2n) is 11.5. The molecule has 9 nitrogen and oxygen atoms in total. The van der Waals surface area contributed by atoms with Crippen molar-refractivity contribution >= 4 is 34.7 Å². The quantitative estimate of drug-likeness (QED) is 0.253. The first-order valence-corrected chi connectivity index (χ1v) is 14.4. The summed E-state index contributed by atoms with van der Waals surface area (Å²) in [6.45, 7) is 8.21. The fourth-order valence-electron chi connectivity index (χ4n) is 5.05. The van der Waals surface area contributed by atoms with E-state index >= 15 is 0 Å². The van der Waals surface area contributed by atoms with Crippen molar-refractivity contribution in [1.29, 1.82) is 0 Å². The van der Waals surface area contributed by atoms with E-state index < -0.39 is 5.60 Å². The summed E-state index contributed by atoms with van der Waals surface area (Å²) in [7, 11) is 4.93. The van der Waals surface area contributed by atoms with Crippen molar-refractivity contribution in [2.75, 3.05) is 44.2 Å². The van der Waals surface area contributed by atoms with Crippen molar-refractivity contribution < 1.29 is 19.0 Å². The number of nitrogens with zero attached hydrogens (tertiary/aromatic N) is 4. The highest BCUT2D eigenvalue weighted by Gasteiger charge is 2.24. The van der Waals surface area contributed by atoms with Gasteiger partial charge in [-0.3, -0.25) is 4.90 Å². The van der Waals surface area contributed by atoms with Crippen LogP contribution in [0.3, 0.4) is 0 Å². The molecule has 1 saturated heterocycles. The third-order valence-electron chi connectivity index (χ3n) is 7.33. The first-order valence-electron chi connectivity index (χ1n) is 14.0. The number of nitrogens with one attached hydrogen (secondary N) is 1. The molecule has 222 valence electrons. The molecule has 0 saturated carbocycles. The molecule has 2 aromatic carbocycles. The minimum atomic E-state index is -0.530. The maximum atomic E-state index is 12.4. The molecule has 1 atom stereocenters. The Balaban J connectivity index is 1.20. The lowest BCUT2D eigenvalue weighted by molar-refractivity contribution is 0.0589. The van der Waals surface area contributed by atoms with E-state index in [2.05, 4.69) is 22.3 Å². The van der Waals surface area contributed by atoms with Crippen LogP contribution in [-0.2, 0) is 11.3 Å². The van der Waals surface area contributed by atoms with E-state index in [1.54, 1.807) is 27.3 Å². The molecule has 10 heteroatoms. The predicted octanol–water partition coefficient (Wildman–Crippen LogP) is 6.41. The average Bonchev–Trinajstić information content (AvgIpc) is 3.62. The lowest BCUT2D eigenvalue weighted by Crippen LogP contribution is -2.34. The maximum Gasteiger partial charge on any atom is 0.414 e. The zero-order valence-corrected chi connectivity index (χ0v) is 25.7. The van der Waals surface area contributed by atoms with Crippen molar-refractivity contribution in [3.8, 4) is 22.8 Å². The minimum absolute atomic E-state index is 0.367. The van der Waals surface area contributed by atoms with E-state index in [-0.39, 0.29) is 6.09 Å². The molecule has 2 aromatic heterocycles. The predicted molar refractivity (Wildman–Crippen MR) is 167 cm³/mol. The van der Waals surface area contributed by atoms with Gasteiger partial charge in [-0.25, -0.2) is 9.78 Å². The lowest BCUT2D eigenvalue weighted by atomic mass is 10.1. The summed E-state index contributed by atoms with van der Waals surface area (Å²) in [6.07, 6.45) is 4.69. The van der Waals surface area contributed by atoms with E-state index in [0.29, 0.717) is 22.6 Å². The van der Waals surface area contributed by atoms with Crippen LogP contribution in [0.15, 0.2) is 60.9 Å². The number of carbonyl (C=O) groups is 1. The van der Waals surface area contributed by atoms with E-state index in [0.717, 1.165) is 59.9 Å². The number of rotatable bonds is 8. The summed E-state index contributed by atoms with van der Waals surface area (Å²) in [6, 6.07) is 16.2. The van der Waals surface area contributed by atoms with Crippen molar-refractivity contribution in [2.24, 2.45) is 0 Å². The molecule has 0 aliphatic carbocycles. The molecule has 1 amide bonds. The van der Waals surface area contributed by atoms with E-state index in [1.165, 1.54) is 4.90 Å². The molecule has 1 aliphatic rings. The molecular weight excluding hydrogens is 554 g/mol. The standard InChI is InChI=1S/C32H38ClN5O4/c1-32(2,3)42-31(39)36(4)23-9-7-21(8-10-23)18-34-22-11-13-37(19-22)24-12-14-38-20-27(35-30(38)15-24)25-16-26(33)29(41-6)17-28(25)40-5/h7-10,12,14-17,20,22,34H,11,13,18-19H2,1-6H3/t22-/m0/s1. The van der Waals surface area contributed by atoms with Crippen LogP contribution in [0.4, 0.5) is 16.2 Å². The van der Waals surface area contributed by atoms with Gasteiger partial charge in [0.2, 0.25) is 0 Å². The highest BCUT2D eigenvalue weighted by Crippen LogP contribution is 2.38. The third-order valence-corrected chi connectivity index (χ3v) is 7.63. The second-order valence-corrected chi connectivity index (χ2v) is 11.9. The Labute approximate surface area is 251 Å². The van der Waals surface area contributed by atoms with Gasteiger partial charge in [-0.15, -0.1) is 0 Å². The molecule has 1 fully saturated rings. The van der Waals surface area contributed by atoms with Crippen LogP contribution in [0.5, 0.6) is 11.5 Å². The molecule has 3 heterocycles. The largest absolute Gasteiger partial charge is 0.496 e. The average molecular weight is 592 g/mol. The molecule has 42 heavy (non-hydrogen) atoms. The SMILES string of the molecule is COc1cc(OC)c(-c2cn3ccc(N4CC[C@H](NCc5ccc(N(C)C(=O)OC(C)(C)C)cc5)C4)cc3n2)cc1Cl. The Morgan fingerprint density at radius 2 is 1.83 bits per heavy atom. The van der Waals surface area contributed by atoms with Crippen LogP contribution in [0.25, 0.3) is 16.9 Å². The van der Waals surface area contributed by atoms with Gasteiger partial charge in [0.15, 0.2) is 0 Å². The van der Waals surface area contributed by atoms with Crippen LogP contribution in [0.2, 0.25) is 5.02 Å². The normalized spacial score (nSPS) is 15.2. The number of imidazole rings is 1. The van der Waals surface area contributed by atoms with Crippen LogP contribution in [-0.4, -0.2) is 61.5 Å². The molecule has 1 aliphatic heterocycles. The van der Waals surface area contributed by atoms with Gasteiger partial charge < -0.3 is 28.8 Å². The van der Waals surface area contributed by atoms with Gasteiger partial charge >= 0.3 is 6.09 Å². The zero-order valence-electron chi connectivity index (χ0n) is 25.0. The lowest BCUT2D eigenvalue weighted by Gasteiger charge is -2.24. The summed E-state index contributed by atoms with van der Waals surface area (Å²) >= 11 is 6.40. The molecule has 5 rings (SSSR count). The van der Waals surface area contributed by atoms with Gasteiger partial charge in [0, 0.05) is 74.2 Å². The molecule has 0 spiro atoms. The highest BCUT2D eigenvalue weighted by molar-refractivity contribution is 6.32. The summed E-state index contributed by atoms with van der Waals surface area (Å²) in [5, 5.41) is 4.19. The maximum absolute atomic E-state index is 12.4. The Bertz CT molecular complexity index is 1560. The number of methoxy groups -OCH3 is 2. The highest BCUT2D eigenvalue weighted by atomic mass is 35.5. The fraction of sp³-hybridized carbons (Fsp3) is 0.375.